The Hall–Kier alpha value is -2.23. The lowest BCUT2D eigenvalue weighted by atomic mass is 10.1. The standard InChI is InChI=1S/C17H19N3O4S2/c1-12-10-15(21)18-13-6-3-4-7-14(13)20(12)16(22)11-19(2)26(23,24)17-8-5-9-25-17/h3-9,12H,10-11H2,1-2H3,(H,18,21)/t12-/m0/s1. The second-order valence-electron chi connectivity index (χ2n) is 6.08. The number of para-hydroxylation sites is 2. The van der Waals surface area contributed by atoms with Gasteiger partial charge in [-0.25, -0.2) is 8.42 Å². The van der Waals surface area contributed by atoms with Crippen molar-refractivity contribution in [1.82, 2.24) is 4.31 Å². The molecular formula is C17H19N3O4S2. The van der Waals surface area contributed by atoms with E-state index < -0.39 is 10.0 Å². The van der Waals surface area contributed by atoms with Crippen LogP contribution in [-0.4, -0.2) is 44.2 Å². The number of amides is 2. The molecule has 9 heteroatoms. The molecule has 1 aliphatic heterocycles. The fourth-order valence-electron chi connectivity index (χ4n) is 2.88. The molecule has 0 bridgehead atoms. The van der Waals surface area contributed by atoms with Crippen molar-refractivity contribution in [3.05, 3.63) is 41.8 Å². The molecule has 1 aromatic heterocycles. The van der Waals surface area contributed by atoms with Crippen LogP contribution in [-0.2, 0) is 19.6 Å². The summed E-state index contributed by atoms with van der Waals surface area (Å²) in [6, 6.07) is 9.77. The number of nitrogens with zero attached hydrogens (tertiary/aromatic N) is 2. The fraction of sp³-hybridized carbons (Fsp3) is 0.294. The van der Waals surface area contributed by atoms with Crippen LogP contribution < -0.4 is 10.2 Å². The van der Waals surface area contributed by atoms with Gasteiger partial charge >= 0.3 is 0 Å². The van der Waals surface area contributed by atoms with Crippen LogP contribution in [0.1, 0.15) is 13.3 Å². The van der Waals surface area contributed by atoms with Crippen LogP contribution in [0.15, 0.2) is 46.0 Å². The van der Waals surface area contributed by atoms with Gasteiger partial charge in [0, 0.05) is 19.5 Å². The number of carbonyl (C=O) groups is 2. The van der Waals surface area contributed by atoms with Crippen LogP contribution >= 0.6 is 11.3 Å². The highest BCUT2D eigenvalue weighted by atomic mass is 32.2. The fourth-order valence-corrected chi connectivity index (χ4v) is 5.20. The molecule has 0 radical (unpaired) electrons. The zero-order valence-electron chi connectivity index (χ0n) is 14.4. The van der Waals surface area contributed by atoms with E-state index in [1.807, 2.05) is 0 Å². The number of likely N-dealkylation sites (N-methyl/N-ethyl adjacent to an activating group) is 1. The van der Waals surface area contributed by atoms with Crippen LogP contribution in [0.25, 0.3) is 0 Å². The average molecular weight is 393 g/mol. The van der Waals surface area contributed by atoms with Gasteiger partial charge in [0.2, 0.25) is 11.8 Å². The van der Waals surface area contributed by atoms with Gasteiger partial charge in [0.15, 0.2) is 0 Å². The zero-order chi connectivity index (χ0) is 18.9. The molecule has 1 atom stereocenters. The molecule has 7 nitrogen and oxygen atoms in total. The van der Waals surface area contributed by atoms with Crippen molar-refractivity contribution in [3.8, 4) is 0 Å². The smallest absolute Gasteiger partial charge is 0.252 e. The monoisotopic (exact) mass is 393 g/mol. The molecule has 1 aliphatic rings. The minimum Gasteiger partial charge on any atom is -0.324 e. The third-order valence-electron chi connectivity index (χ3n) is 4.15. The molecule has 0 fully saturated rings. The Morgan fingerprint density at radius 2 is 2.04 bits per heavy atom. The van der Waals surface area contributed by atoms with Gasteiger partial charge in [0.05, 0.1) is 17.9 Å². The van der Waals surface area contributed by atoms with E-state index in [2.05, 4.69) is 5.32 Å². The van der Waals surface area contributed by atoms with Crippen molar-refractivity contribution in [2.24, 2.45) is 0 Å². The molecular weight excluding hydrogens is 374 g/mol. The Labute approximate surface area is 156 Å². The molecule has 0 unspecified atom stereocenters. The number of carbonyl (C=O) groups excluding carboxylic acids is 2. The number of rotatable bonds is 4. The van der Waals surface area contributed by atoms with Gasteiger partial charge in [0.25, 0.3) is 10.0 Å². The van der Waals surface area contributed by atoms with E-state index in [1.165, 1.54) is 18.0 Å². The van der Waals surface area contributed by atoms with Gasteiger partial charge < -0.3 is 10.2 Å². The summed E-state index contributed by atoms with van der Waals surface area (Å²) in [5.41, 5.74) is 1.11. The van der Waals surface area contributed by atoms with Crippen LogP contribution in [0.5, 0.6) is 0 Å². The lowest BCUT2D eigenvalue weighted by molar-refractivity contribution is -0.119. The lowest BCUT2D eigenvalue weighted by Gasteiger charge is -2.29. The Bertz CT molecular complexity index is 925. The number of hydrogen-bond donors (Lipinski definition) is 1. The molecule has 0 saturated heterocycles. The van der Waals surface area contributed by atoms with Gasteiger partial charge in [-0.3, -0.25) is 9.59 Å². The predicted octanol–water partition coefficient (Wildman–Crippen LogP) is 2.13. The molecule has 2 aromatic rings. The summed E-state index contributed by atoms with van der Waals surface area (Å²) >= 11 is 1.10. The molecule has 2 amide bonds. The average Bonchev–Trinajstić information content (AvgIpc) is 3.07. The SMILES string of the molecule is C[C@H]1CC(=O)Nc2ccccc2N1C(=O)CN(C)S(=O)(=O)c1cccs1. The first-order valence-electron chi connectivity index (χ1n) is 8.01. The second kappa shape index (κ2) is 7.18. The largest absolute Gasteiger partial charge is 0.324 e. The van der Waals surface area contributed by atoms with Crippen molar-refractivity contribution in [3.63, 3.8) is 0 Å². The number of fused-ring (bicyclic) bond motifs is 1. The highest BCUT2D eigenvalue weighted by molar-refractivity contribution is 7.91. The van der Waals surface area contributed by atoms with Crippen molar-refractivity contribution in [1.29, 1.82) is 0 Å². The second-order valence-corrected chi connectivity index (χ2v) is 9.29. The number of sulfonamides is 1. The number of hydrogen-bond acceptors (Lipinski definition) is 5. The Balaban J connectivity index is 1.88. The first-order valence-corrected chi connectivity index (χ1v) is 10.3. The summed E-state index contributed by atoms with van der Waals surface area (Å²) < 4.78 is 26.3. The third kappa shape index (κ3) is 3.50. The van der Waals surface area contributed by atoms with Gasteiger partial charge in [-0.2, -0.15) is 4.31 Å². The molecule has 0 saturated carbocycles. The number of benzene rings is 1. The lowest BCUT2D eigenvalue weighted by Crippen LogP contribution is -2.45. The van der Waals surface area contributed by atoms with Gasteiger partial charge in [-0.15, -0.1) is 11.3 Å². The zero-order valence-corrected chi connectivity index (χ0v) is 16.0. The summed E-state index contributed by atoms with van der Waals surface area (Å²) in [5, 5.41) is 4.45. The van der Waals surface area contributed by atoms with E-state index in [0.29, 0.717) is 11.4 Å². The van der Waals surface area contributed by atoms with Gasteiger partial charge in [-0.1, -0.05) is 18.2 Å². The minimum absolute atomic E-state index is 0.141. The summed E-state index contributed by atoms with van der Waals surface area (Å²) in [4.78, 5) is 26.4. The normalized spacial score (nSPS) is 17.6. The van der Waals surface area contributed by atoms with Gasteiger partial charge in [0.1, 0.15) is 4.21 Å². The van der Waals surface area contributed by atoms with Crippen molar-refractivity contribution in [2.75, 3.05) is 23.8 Å². The quantitative estimate of drug-likeness (QED) is 0.862. The molecule has 1 N–H and O–H groups in total. The maximum atomic E-state index is 12.9. The highest BCUT2D eigenvalue weighted by Crippen LogP contribution is 2.31. The van der Waals surface area contributed by atoms with Gasteiger partial charge in [-0.05, 0) is 30.5 Å². The number of anilines is 2. The van der Waals surface area contributed by atoms with E-state index >= 15 is 0 Å². The van der Waals surface area contributed by atoms with E-state index in [0.717, 1.165) is 15.6 Å². The summed E-state index contributed by atoms with van der Waals surface area (Å²) in [7, 11) is -2.34. The van der Waals surface area contributed by atoms with E-state index in [1.54, 1.807) is 42.6 Å². The molecule has 26 heavy (non-hydrogen) atoms. The van der Waals surface area contributed by atoms with Crippen molar-refractivity contribution < 1.29 is 18.0 Å². The first kappa shape index (κ1) is 18.6. The van der Waals surface area contributed by atoms with Crippen LogP contribution in [0, 0.1) is 0 Å². The maximum absolute atomic E-state index is 12.9. The van der Waals surface area contributed by atoms with E-state index in [-0.39, 0.29) is 35.0 Å². The first-order chi connectivity index (χ1) is 12.3. The van der Waals surface area contributed by atoms with Crippen LogP contribution in [0.2, 0.25) is 0 Å². The Morgan fingerprint density at radius 1 is 1.31 bits per heavy atom. The Kier molecular flexibility index (Phi) is 5.12. The van der Waals surface area contributed by atoms with E-state index in [4.69, 9.17) is 0 Å². The third-order valence-corrected chi connectivity index (χ3v) is 7.32. The molecule has 1 aromatic carbocycles. The summed E-state index contributed by atoms with van der Waals surface area (Å²) in [5.74, 6) is -0.566. The molecule has 0 spiro atoms. The van der Waals surface area contributed by atoms with E-state index in [9.17, 15) is 18.0 Å². The molecule has 2 heterocycles. The Morgan fingerprint density at radius 3 is 2.73 bits per heavy atom. The van der Waals surface area contributed by atoms with Crippen molar-refractivity contribution in [2.45, 2.75) is 23.6 Å². The minimum atomic E-state index is -3.72. The van der Waals surface area contributed by atoms with Crippen molar-refractivity contribution >= 4 is 44.5 Å². The summed E-state index contributed by atoms with van der Waals surface area (Å²) in [6.07, 6.45) is 0.141. The predicted molar refractivity (Wildman–Crippen MR) is 101 cm³/mol. The molecule has 0 aliphatic carbocycles. The highest BCUT2D eigenvalue weighted by Gasteiger charge is 2.32. The van der Waals surface area contributed by atoms with Crippen LogP contribution in [0.4, 0.5) is 11.4 Å². The number of thiophene rings is 1. The number of nitrogens with one attached hydrogen (secondary N) is 1. The topological polar surface area (TPSA) is 86.8 Å². The summed E-state index contributed by atoms with van der Waals surface area (Å²) in [6.45, 7) is 1.46. The molecule has 138 valence electrons. The molecule has 3 rings (SSSR count). The van der Waals surface area contributed by atoms with Crippen LogP contribution in [0.3, 0.4) is 0 Å². The maximum Gasteiger partial charge on any atom is 0.252 e.